The van der Waals surface area contributed by atoms with Gasteiger partial charge in [-0.2, -0.15) is 0 Å². The molecule has 1 heterocycles. The number of amides is 1. The van der Waals surface area contributed by atoms with E-state index in [1.54, 1.807) is 11.3 Å². The van der Waals surface area contributed by atoms with Gasteiger partial charge in [0.25, 0.3) is 0 Å². The van der Waals surface area contributed by atoms with Gasteiger partial charge in [-0.3, -0.25) is 4.79 Å². The number of ether oxygens (including phenoxy) is 1. The van der Waals surface area contributed by atoms with Crippen molar-refractivity contribution >= 4 is 17.2 Å². The van der Waals surface area contributed by atoms with E-state index in [-0.39, 0.29) is 12.5 Å². The van der Waals surface area contributed by atoms with Gasteiger partial charge in [0.1, 0.15) is 6.04 Å². The lowest BCUT2D eigenvalue weighted by Crippen LogP contribution is -2.44. The minimum Gasteiger partial charge on any atom is -0.383 e. The maximum atomic E-state index is 11.4. The monoisotopic (exact) mass is 242 g/mol. The number of nitrogens with two attached hydrogens (primary N) is 1. The summed E-state index contributed by atoms with van der Waals surface area (Å²) in [4.78, 5) is 12.7. The number of rotatable bonds is 6. The van der Waals surface area contributed by atoms with Crippen molar-refractivity contribution in [1.82, 2.24) is 5.32 Å². The van der Waals surface area contributed by atoms with Gasteiger partial charge in [-0.15, -0.1) is 11.3 Å². The van der Waals surface area contributed by atoms with E-state index >= 15 is 0 Å². The van der Waals surface area contributed by atoms with Crippen LogP contribution in [-0.4, -0.2) is 32.2 Å². The molecule has 3 N–H and O–H groups in total. The molecule has 1 aromatic rings. The molecular weight excluding hydrogens is 224 g/mol. The molecule has 1 unspecified atom stereocenters. The van der Waals surface area contributed by atoms with E-state index in [1.165, 1.54) is 17.6 Å². The van der Waals surface area contributed by atoms with E-state index in [0.29, 0.717) is 6.54 Å². The molecule has 0 saturated carbocycles. The lowest BCUT2D eigenvalue weighted by Gasteiger charge is -2.10. The first-order chi connectivity index (χ1) is 7.65. The Morgan fingerprint density at radius 2 is 2.44 bits per heavy atom. The van der Waals surface area contributed by atoms with Crippen molar-refractivity contribution in [3.8, 4) is 0 Å². The van der Waals surface area contributed by atoms with Crippen molar-refractivity contribution in [1.29, 1.82) is 0 Å². The zero-order valence-electron chi connectivity index (χ0n) is 9.66. The third-order valence-corrected chi connectivity index (χ3v) is 3.39. The Bertz CT molecular complexity index is 338. The molecule has 16 heavy (non-hydrogen) atoms. The number of thiophene rings is 1. The van der Waals surface area contributed by atoms with Crippen LogP contribution in [0.5, 0.6) is 0 Å². The van der Waals surface area contributed by atoms with E-state index < -0.39 is 6.04 Å². The minimum atomic E-state index is -0.575. The molecule has 0 aromatic carbocycles. The van der Waals surface area contributed by atoms with E-state index in [1.807, 2.05) is 0 Å². The fraction of sp³-hybridized carbons (Fsp3) is 0.545. The van der Waals surface area contributed by atoms with Gasteiger partial charge in [0.05, 0.1) is 6.61 Å². The van der Waals surface area contributed by atoms with Gasteiger partial charge in [0.15, 0.2) is 0 Å². The summed E-state index contributed by atoms with van der Waals surface area (Å²) < 4.78 is 4.81. The number of aryl methyl sites for hydroxylation is 1. The quantitative estimate of drug-likeness (QED) is 0.771. The van der Waals surface area contributed by atoms with E-state index in [4.69, 9.17) is 10.5 Å². The van der Waals surface area contributed by atoms with Gasteiger partial charge < -0.3 is 15.8 Å². The SMILES string of the molecule is COCC(N)C(=O)NCCc1sccc1C. The van der Waals surface area contributed by atoms with Crippen LogP contribution in [0.15, 0.2) is 11.4 Å². The molecule has 0 aliphatic carbocycles. The normalized spacial score (nSPS) is 12.4. The second-order valence-corrected chi connectivity index (χ2v) is 4.63. The summed E-state index contributed by atoms with van der Waals surface area (Å²) in [5.74, 6) is -0.156. The van der Waals surface area contributed by atoms with Crippen LogP contribution < -0.4 is 11.1 Å². The second-order valence-electron chi connectivity index (χ2n) is 3.63. The van der Waals surface area contributed by atoms with E-state index in [9.17, 15) is 4.79 Å². The molecule has 90 valence electrons. The van der Waals surface area contributed by atoms with Gasteiger partial charge in [-0.05, 0) is 30.4 Å². The Labute approximate surface area is 99.8 Å². The third-order valence-electron chi connectivity index (χ3n) is 2.30. The highest BCUT2D eigenvalue weighted by Gasteiger charge is 2.12. The largest absolute Gasteiger partial charge is 0.383 e. The average Bonchev–Trinajstić information content (AvgIpc) is 2.65. The van der Waals surface area contributed by atoms with Crippen molar-refractivity contribution in [2.45, 2.75) is 19.4 Å². The predicted octanol–water partition coefficient (Wildman–Crippen LogP) is 0.689. The molecule has 0 saturated heterocycles. The number of carbonyl (C=O) groups excluding carboxylic acids is 1. The van der Waals surface area contributed by atoms with Crippen molar-refractivity contribution in [3.63, 3.8) is 0 Å². The lowest BCUT2D eigenvalue weighted by atomic mass is 10.2. The number of hydrogen-bond acceptors (Lipinski definition) is 4. The summed E-state index contributed by atoms with van der Waals surface area (Å²) in [6.45, 7) is 2.95. The third kappa shape index (κ3) is 3.92. The molecule has 4 nitrogen and oxygen atoms in total. The molecule has 0 bridgehead atoms. The second kappa shape index (κ2) is 6.62. The summed E-state index contributed by atoms with van der Waals surface area (Å²) >= 11 is 1.71. The minimum absolute atomic E-state index is 0.156. The summed E-state index contributed by atoms with van der Waals surface area (Å²) in [6.07, 6.45) is 0.856. The smallest absolute Gasteiger partial charge is 0.239 e. The predicted molar refractivity (Wildman–Crippen MR) is 65.6 cm³/mol. The summed E-state index contributed by atoms with van der Waals surface area (Å²) in [5.41, 5.74) is 6.86. The molecular formula is C11H18N2O2S. The topological polar surface area (TPSA) is 64.3 Å². The van der Waals surface area contributed by atoms with E-state index in [0.717, 1.165) is 6.42 Å². The summed E-state index contributed by atoms with van der Waals surface area (Å²) in [5, 5.41) is 4.85. The molecule has 0 fully saturated rings. The van der Waals surface area contributed by atoms with Crippen LogP contribution in [0, 0.1) is 6.92 Å². The van der Waals surface area contributed by atoms with Crippen LogP contribution in [0.3, 0.4) is 0 Å². The Morgan fingerprint density at radius 3 is 3.00 bits per heavy atom. The summed E-state index contributed by atoms with van der Waals surface area (Å²) in [7, 11) is 1.53. The molecule has 0 aliphatic heterocycles. The standard InChI is InChI=1S/C11H18N2O2S/c1-8-4-6-16-10(8)3-5-13-11(14)9(12)7-15-2/h4,6,9H,3,5,7,12H2,1-2H3,(H,13,14). The first kappa shape index (κ1) is 13.2. The zero-order valence-corrected chi connectivity index (χ0v) is 10.5. The average molecular weight is 242 g/mol. The fourth-order valence-corrected chi connectivity index (χ4v) is 2.26. The Hall–Kier alpha value is -0.910. The van der Waals surface area contributed by atoms with Crippen molar-refractivity contribution in [2.24, 2.45) is 5.73 Å². The zero-order chi connectivity index (χ0) is 12.0. The molecule has 1 aromatic heterocycles. The highest BCUT2D eigenvalue weighted by molar-refractivity contribution is 7.10. The number of hydrogen-bond donors (Lipinski definition) is 2. The van der Waals surface area contributed by atoms with Crippen molar-refractivity contribution in [3.05, 3.63) is 21.9 Å². The maximum absolute atomic E-state index is 11.4. The van der Waals surface area contributed by atoms with Crippen molar-refractivity contribution in [2.75, 3.05) is 20.3 Å². The molecule has 1 amide bonds. The van der Waals surface area contributed by atoms with Crippen LogP contribution in [-0.2, 0) is 16.0 Å². The molecule has 0 spiro atoms. The molecule has 5 heteroatoms. The first-order valence-corrected chi connectivity index (χ1v) is 6.08. The molecule has 0 radical (unpaired) electrons. The van der Waals surface area contributed by atoms with Gasteiger partial charge in [0.2, 0.25) is 5.91 Å². The lowest BCUT2D eigenvalue weighted by molar-refractivity contribution is -0.123. The Kier molecular flexibility index (Phi) is 5.45. The Morgan fingerprint density at radius 1 is 1.69 bits per heavy atom. The van der Waals surface area contributed by atoms with Gasteiger partial charge in [-0.1, -0.05) is 0 Å². The van der Waals surface area contributed by atoms with Crippen LogP contribution in [0.25, 0.3) is 0 Å². The van der Waals surface area contributed by atoms with Gasteiger partial charge in [0, 0.05) is 18.5 Å². The molecule has 1 atom stereocenters. The Balaban J connectivity index is 2.25. The van der Waals surface area contributed by atoms with Crippen LogP contribution in [0.4, 0.5) is 0 Å². The van der Waals surface area contributed by atoms with Crippen molar-refractivity contribution < 1.29 is 9.53 Å². The highest BCUT2D eigenvalue weighted by Crippen LogP contribution is 2.15. The number of carbonyl (C=O) groups is 1. The summed E-state index contributed by atoms with van der Waals surface area (Å²) in [6, 6.07) is 1.51. The number of nitrogens with one attached hydrogen (secondary N) is 1. The van der Waals surface area contributed by atoms with Crippen LogP contribution in [0.2, 0.25) is 0 Å². The van der Waals surface area contributed by atoms with E-state index in [2.05, 4.69) is 23.7 Å². The maximum Gasteiger partial charge on any atom is 0.239 e. The molecule has 0 aliphatic rings. The highest BCUT2D eigenvalue weighted by atomic mass is 32.1. The van der Waals surface area contributed by atoms with Gasteiger partial charge in [-0.25, -0.2) is 0 Å². The van der Waals surface area contributed by atoms with Crippen LogP contribution >= 0.6 is 11.3 Å². The fourth-order valence-electron chi connectivity index (χ4n) is 1.35. The van der Waals surface area contributed by atoms with Crippen LogP contribution in [0.1, 0.15) is 10.4 Å². The van der Waals surface area contributed by atoms with Gasteiger partial charge >= 0.3 is 0 Å². The first-order valence-electron chi connectivity index (χ1n) is 5.20. The number of methoxy groups -OCH3 is 1. The molecule has 1 rings (SSSR count).